The van der Waals surface area contributed by atoms with E-state index < -0.39 is 62.0 Å². The molecule has 0 aliphatic carbocycles. The molecule has 6 atom stereocenters. The van der Waals surface area contributed by atoms with Crippen LogP contribution in [0.4, 0.5) is 0 Å². The maximum atomic E-state index is 10.5. The largest absolute Gasteiger partial charge is 0.687 e. The second-order valence-electron chi connectivity index (χ2n) is 5.65. The predicted octanol–water partition coefficient (Wildman–Crippen LogP) is -3.20. The number of hydrogen-bond donors (Lipinski definition) is 4. The van der Waals surface area contributed by atoms with Gasteiger partial charge in [-0.2, -0.15) is 7.94 Å². The lowest BCUT2D eigenvalue weighted by Crippen LogP contribution is -2.34. The molecule has 3 heterocycles. The zero-order valence-corrected chi connectivity index (χ0v) is 16.5. The van der Waals surface area contributed by atoms with Crippen molar-refractivity contribution >= 4 is 36.1 Å². The van der Waals surface area contributed by atoms with Gasteiger partial charge in [0, 0.05) is 0 Å². The van der Waals surface area contributed by atoms with Gasteiger partial charge in [-0.1, -0.05) is 0 Å². The van der Waals surface area contributed by atoms with Gasteiger partial charge in [0.15, 0.2) is 11.9 Å². The Hall–Kier alpha value is -0.560. The molecular formula is C11H15N4O10P3-2. The number of imidazole rings is 1. The van der Waals surface area contributed by atoms with Crippen LogP contribution in [0.5, 0.6) is 0 Å². The summed E-state index contributed by atoms with van der Waals surface area (Å²) in [6.07, 6.45) is -0.797. The number of hydrogen-bond acceptors (Lipinski definition) is 13. The maximum absolute atomic E-state index is 10.5. The Morgan fingerprint density at radius 1 is 1.21 bits per heavy atom. The average molecular weight is 456 g/mol. The van der Waals surface area contributed by atoms with E-state index in [9.17, 15) is 34.7 Å². The third-order valence-corrected chi connectivity index (χ3v) is 7.69. The summed E-state index contributed by atoms with van der Waals surface area (Å²) in [7, 11) is -10.5. The second-order valence-corrected chi connectivity index (χ2v) is 10.1. The SMILES string of the molecule is [O-][P+]([O-])([O-])CP(O)OP(O)OC[C@@H]1O[C@H](n2cnc3cncnc32)[C@@H](O)[C@H]1O. The van der Waals surface area contributed by atoms with Crippen LogP contribution in [-0.4, -0.2) is 70.3 Å². The van der Waals surface area contributed by atoms with Crippen molar-refractivity contribution in [2.75, 3.05) is 12.5 Å². The smallest absolute Gasteiger partial charge is 0.335 e. The summed E-state index contributed by atoms with van der Waals surface area (Å²) in [6.45, 7) is -0.450. The van der Waals surface area contributed by atoms with Crippen LogP contribution >= 0.6 is 24.9 Å². The van der Waals surface area contributed by atoms with Crippen LogP contribution in [0.3, 0.4) is 0 Å². The Bertz CT molecular complexity index is 793. The number of aliphatic hydroxyl groups excluding tert-OH is 2. The zero-order chi connectivity index (χ0) is 20.5. The van der Waals surface area contributed by atoms with Gasteiger partial charge < -0.3 is 43.9 Å². The minimum absolute atomic E-state index is 0.367. The van der Waals surface area contributed by atoms with Crippen LogP contribution in [0.25, 0.3) is 11.2 Å². The van der Waals surface area contributed by atoms with Gasteiger partial charge in [0.2, 0.25) is 8.38 Å². The summed E-state index contributed by atoms with van der Waals surface area (Å²) >= 11 is 0. The molecule has 1 aliphatic rings. The maximum Gasteiger partial charge on any atom is 0.335 e. The predicted molar refractivity (Wildman–Crippen MR) is 88.3 cm³/mol. The van der Waals surface area contributed by atoms with E-state index in [2.05, 4.69) is 19.3 Å². The molecule has 1 saturated heterocycles. The molecule has 0 aromatic carbocycles. The van der Waals surface area contributed by atoms with Crippen molar-refractivity contribution in [1.82, 2.24) is 19.5 Å². The van der Waals surface area contributed by atoms with Crippen LogP contribution in [0.15, 0.2) is 18.9 Å². The van der Waals surface area contributed by atoms with Crippen LogP contribution in [0.2, 0.25) is 0 Å². The third kappa shape index (κ3) is 5.32. The molecule has 1 aliphatic heterocycles. The van der Waals surface area contributed by atoms with Gasteiger partial charge in [0.05, 0.1) is 19.1 Å². The summed E-state index contributed by atoms with van der Waals surface area (Å²) in [6, 6.07) is 0. The summed E-state index contributed by atoms with van der Waals surface area (Å²) in [5.74, 6) is -1.18. The molecule has 156 valence electrons. The Morgan fingerprint density at radius 3 is 2.68 bits per heavy atom. The van der Waals surface area contributed by atoms with Crippen LogP contribution < -0.4 is 14.7 Å². The molecule has 3 rings (SSSR count). The van der Waals surface area contributed by atoms with E-state index in [1.807, 2.05) is 0 Å². The summed E-state index contributed by atoms with van der Waals surface area (Å²) in [4.78, 5) is 62.4. The van der Waals surface area contributed by atoms with Crippen LogP contribution in [0, 0.1) is 0 Å². The number of aromatic nitrogens is 4. The molecule has 17 heteroatoms. The Morgan fingerprint density at radius 2 is 1.96 bits per heavy atom. The van der Waals surface area contributed by atoms with Gasteiger partial charge in [-0.05, 0) is 0 Å². The summed E-state index contributed by atoms with van der Waals surface area (Å²) in [5, 5.41) is 20.4. The molecule has 0 spiro atoms. The first-order chi connectivity index (χ1) is 13.2. The number of ether oxygens (including phenoxy) is 1. The van der Waals surface area contributed by atoms with Gasteiger partial charge in [-0.3, -0.25) is 8.88 Å². The third-order valence-electron chi connectivity index (χ3n) is 3.66. The van der Waals surface area contributed by atoms with Gasteiger partial charge in [-0.15, -0.1) is 0 Å². The van der Waals surface area contributed by atoms with Crippen molar-refractivity contribution < 1.29 is 48.3 Å². The molecule has 0 bridgehead atoms. The van der Waals surface area contributed by atoms with Crippen molar-refractivity contribution in [3.63, 3.8) is 0 Å². The fourth-order valence-electron chi connectivity index (χ4n) is 2.48. The first kappa shape index (κ1) is 22.1. The van der Waals surface area contributed by atoms with E-state index in [0.29, 0.717) is 11.2 Å². The Labute approximate surface area is 160 Å². The topological polar surface area (TPSA) is 221 Å². The monoisotopic (exact) mass is 456 g/mol. The lowest BCUT2D eigenvalue weighted by molar-refractivity contribution is -0.425. The molecule has 2 aromatic heterocycles. The van der Waals surface area contributed by atoms with Crippen molar-refractivity contribution in [3.8, 4) is 0 Å². The normalized spacial score (nSPS) is 28.0. The quantitative estimate of drug-likeness (QED) is 0.288. The average Bonchev–Trinajstić information content (AvgIpc) is 3.14. The van der Waals surface area contributed by atoms with E-state index in [-0.39, 0.29) is 0 Å². The number of rotatable bonds is 8. The van der Waals surface area contributed by atoms with Crippen molar-refractivity contribution in [2.45, 2.75) is 24.5 Å². The highest BCUT2D eigenvalue weighted by atomic mass is 31.3. The molecule has 0 saturated carbocycles. The minimum atomic E-state index is -5.01. The molecule has 4 N–H and O–H groups in total. The highest BCUT2D eigenvalue weighted by Gasteiger charge is 2.44. The van der Waals surface area contributed by atoms with Gasteiger partial charge in [0.25, 0.3) is 0 Å². The molecule has 14 nitrogen and oxygen atoms in total. The van der Waals surface area contributed by atoms with Gasteiger partial charge in [-0.25, -0.2) is 15.0 Å². The van der Waals surface area contributed by atoms with E-state index in [4.69, 9.17) is 9.26 Å². The van der Waals surface area contributed by atoms with E-state index in [1.54, 1.807) is 0 Å². The summed E-state index contributed by atoms with van der Waals surface area (Å²) in [5.41, 5.74) is 0.816. The van der Waals surface area contributed by atoms with Crippen molar-refractivity contribution in [2.24, 2.45) is 0 Å². The lowest BCUT2D eigenvalue weighted by atomic mass is 10.1. The van der Waals surface area contributed by atoms with Gasteiger partial charge >= 0.3 is 8.60 Å². The highest BCUT2D eigenvalue weighted by molar-refractivity contribution is 7.71. The fourth-order valence-corrected chi connectivity index (χ4v) is 5.45. The van der Waals surface area contributed by atoms with Crippen LogP contribution in [-0.2, 0) is 13.6 Å². The molecule has 2 aromatic rings. The molecule has 28 heavy (non-hydrogen) atoms. The number of fused-ring (bicyclic) bond motifs is 1. The standard InChI is InChI=1S/C11H17N4O10P3/c16-8-7(2-23-27(19)25-26(18)5-28(20,21)22)24-11(9(8)17)15-4-14-6-1-12-3-13-10(6)15/h1,3-4,7-9,11,16-19H,2,5H2,(H2,20,21,22)/p-2/t7-,8-,9-,11-,26?,27?/m0/s1. The summed E-state index contributed by atoms with van der Waals surface area (Å²) < 4.78 is 16.4. The lowest BCUT2D eigenvalue weighted by Gasteiger charge is -2.42. The van der Waals surface area contributed by atoms with Crippen LogP contribution in [0.1, 0.15) is 6.23 Å². The highest BCUT2D eigenvalue weighted by Crippen LogP contribution is 2.55. The molecule has 1 fully saturated rings. The van der Waals surface area contributed by atoms with E-state index in [1.165, 1.54) is 23.4 Å². The van der Waals surface area contributed by atoms with E-state index >= 15 is 0 Å². The minimum Gasteiger partial charge on any atom is -0.687 e. The van der Waals surface area contributed by atoms with Gasteiger partial charge in [0.1, 0.15) is 36.1 Å². The zero-order valence-electron chi connectivity index (χ0n) is 13.8. The van der Waals surface area contributed by atoms with E-state index in [0.717, 1.165) is 0 Å². The second kappa shape index (κ2) is 9.07. The molecule has 0 radical (unpaired) electrons. The number of aliphatic hydroxyl groups is 2. The number of nitrogens with zero attached hydrogens (tertiary/aromatic N) is 4. The first-order valence-electron chi connectivity index (χ1n) is 7.57. The fraction of sp³-hybridized carbons (Fsp3) is 0.545. The Balaban J connectivity index is 1.57. The molecule has 2 unspecified atom stereocenters. The van der Waals surface area contributed by atoms with Crippen molar-refractivity contribution in [3.05, 3.63) is 18.9 Å². The van der Waals surface area contributed by atoms with Crippen molar-refractivity contribution in [1.29, 1.82) is 0 Å². The Kier molecular flexibility index (Phi) is 7.17. The molecular weight excluding hydrogens is 441 g/mol. The molecule has 0 amide bonds. The first-order valence-corrected chi connectivity index (χ1v) is 11.8.